The minimum atomic E-state index is -0.976. The molecule has 0 unspecified atom stereocenters. The van der Waals surface area contributed by atoms with Crippen molar-refractivity contribution in [3.8, 4) is 0 Å². The number of fused-ring (bicyclic) bond motifs is 1. The molecule has 1 heterocycles. The number of aliphatic hydroxyl groups is 1. The highest BCUT2D eigenvalue weighted by molar-refractivity contribution is 6.01. The number of hydrogen-bond donors (Lipinski definition) is 3. The highest BCUT2D eigenvalue weighted by atomic mass is 16.5. The number of aromatic carboxylic acids is 1. The third-order valence-electron chi connectivity index (χ3n) is 2.97. The lowest BCUT2D eigenvalue weighted by Gasteiger charge is -2.07. The monoisotopic (exact) mass is 290 g/mol. The van der Waals surface area contributed by atoms with Crippen molar-refractivity contribution in [3.63, 3.8) is 0 Å². The Labute approximate surface area is 122 Å². The number of rotatable bonds is 8. The molecule has 0 amide bonds. The molecule has 1 aromatic carbocycles. The quantitative estimate of drug-likeness (QED) is 0.629. The Balaban J connectivity index is 2.01. The lowest BCUT2D eigenvalue weighted by molar-refractivity contribution is 0.0699. The fourth-order valence-electron chi connectivity index (χ4n) is 1.99. The maximum atomic E-state index is 11.2. The number of nitrogens with one attached hydrogen (secondary N) is 1. The second-order valence-corrected chi connectivity index (χ2v) is 4.50. The summed E-state index contributed by atoms with van der Waals surface area (Å²) in [6, 6.07) is 8.85. The number of hydrogen-bond acceptors (Lipinski definition) is 5. The summed E-state index contributed by atoms with van der Waals surface area (Å²) in [6.45, 7) is 2.03. The Hall–Kier alpha value is -2.02. The van der Waals surface area contributed by atoms with E-state index in [1.54, 1.807) is 12.1 Å². The van der Waals surface area contributed by atoms with Crippen LogP contribution in [0.3, 0.4) is 0 Å². The first-order valence-electron chi connectivity index (χ1n) is 6.73. The van der Waals surface area contributed by atoms with Gasteiger partial charge in [-0.25, -0.2) is 4.79 Å². The fourth-order valence-corrected chi connectivity index (χ4v) is 1.99. The smallest absolute Gasteiger partial charge is 0.337 e. The van der Waals surface area contributed by atoms with Crippen LogP contribution in [0.4, 0.5) is 0 Å². The highest BCUT2D eigenvalue weighted by Gasteiger charge is 2.09. The molecule has 1 aromatic heterocycles. The van der Waals surface area contributed by atoms with E-state index in [0.717, 1.165) is 11.1 Å². The van der Waals surface area contributed by atoms with Crippen molar-refractivity contribution in [1.82, 2.24) is 10.3 Å². The number of pyridine rings is 1. The second kappa shape index (κ2) is 7.68. The van der Waals surface area contributed by atoms with Crippen LogP contribution in [-0.4, -0.2) is 47.5 Å². The predicted molar refractivity (Wildman–Crippen MR) is 78.3 cm³/mol. The largest absolute Gasteiger partial charge is 0.478 e. The summed E-state index contributed by atoms with van der Waals surface area (Å²) >= 11 is 0. The molecule has 0 saturated carbocycles. The lowest BCUT2D eigenvalue weighted by Crippen LogP contribution is -2.20. The first-order chi connectivity index (χ1) is 10.2. The van der Waals surface area contributed by atoms with Gasteiger partial charge in [-0.1, -0.05) is 18.2 Å². The van der Waals surface area contributed by atoms with Crippen LogP contribution in [0.15, 0.2) is 30.3 Å². The zero-order valence-corrected chi connectivity index (χ0v) is 11.6. The van der Waals surface area contributed by atoms with Crippen molar-refractivity contribution in [2.24, 2.45) is 0 Å². The van der Waals surface area contributed by atoms with E-state index >= 15 is 0 Å². The zero-order chi connectivity index (χ0) is 15.1. The summed E-state index contributed by atoms with van der Waals surface area (Å²) in [6.07, 6.45) is 0. The number of carboxylic acids is 1. The highest BCUT2D eigenvalue weighted by Crippen LogP contribution is 2.17. The summed E-state index contributed by atoms with van der Waals surface area (Å²) in [5.74, 6) is -0.976. The molecule has 0 spiro atoms. The number of aromatic nitrogens is 1. The van der Waals surface area contributed by atoms with Crippen LogP contribution in [0.25, 0.3) is 10.9 Å². The minimum Gasteiger partial charge on any atom is -0.478 e. The van der Waals surface area contributed by atoms with Crippen LogP contribution in [-0.2, 0) is 11.3 Å². The van der Waals surface area contributed by atoms with Gasteiger partial charge in [-0.2, -0.15) is 0 Å². The van der Waals surface area contributed by atoms with Crippen LogP contribution in [0, 0.1) is 0 Å². The van der Waals surface area contributed by atoms with Gasteiger partial charge in [-0.3, -0.25) is 4.98 Å². The fraction of sp³-hybridized carbons (Fsp3) is 0.333. The molecule has 2 aromatic rings. The van der Waals surface area contributed by atoms with Crippen molar-refractivity contribution < 1.29 is 19.7 Å². The number of benzene rings is 1. The Morgan fingerprint density at radius 1 is 1.24 bits per heavy atom. The molecule has 0 aliphatic heterocycles. The Bertz CT molecular complexity index is 616. The molecular weight excluding hydrogens is 272 g/mol. The topological polar surface area (TPSA) is 91.7 Å². The summed E-state index contributed by atoms with van der Waals surface area (Å²) in [4.78, 5) is 15.6. The van der Waals surface area contributed by atoms with Crippen LogP contribution < -0.4 is 5.32 Å². The standard InChI is InChI=1S/C15H18N2O4/c18-7-9-21-8-6-16-10-12-5-4-11-2-1-3-13(15(19)20)14(11)17-12/h1-5,16,18H,6-10H2,(H,19,20). The molecule has 6 nitrogen and oxygen atoms in total. The second-order valence-electron chi connectivity index (χ2n) is 4.50. The van der Waals surface area contributed by atoms with Crippen LogP contribution >= 0.6 is 0 Å². The van der Waals surface area contributed by atoms with Crippen LogP contribution in [0.2, 0.25) is 0 Å². The molecule has 6 heteroatoms. The number of ether oxygens (including phenoxy) is 1. The zero-order valence-electron chi connectivity index (χ0n) is 11.6. The van der Waals surface area contributed by atoms with E-state index in [9.17, 15) is 9.90 Å². The summed E-state index contributed by atoms with van der Waals surface area (Å²) in [5.41, 5.74) is 1.49. The van der Waals surface area contributed by atoms with Crippen molar-refractivity contribution in [2.75, 3.05) is 26.4 Å². The summed E-state index contributed by atoms with van der Waals surface area (Å²) < 4.78 is 5.13. The number of nitrogens with zero attached hydrogens (tertiary/aromatic N) is 1. The van der Waals surface area contributed by atoms with Gasteiger partial charge in [0.2, 0.25) is 0 Å². The van der Waals surface area contributed by atoms with E-state index in [2.05, 4.69) is 10.3 Å². The number of para-hydroxylation sites is 1. The molecule has 0 saturated heterocycles. The maximum Gasteiger partial charge on any atom is 0.337 e. The van der Waals surface area contributed by atoms with Crippen molar-refractivity contribution in [1.29, 1.82) is 0 Å². The molecule has 0 aliphatic carbocycles. The van der Waals surface area contributed by atoms with Crippen molar-refractivity contribution >= 4 is 16.9 Å². The van der Waals surface area contributed by atoms with Crippen LogP contribution in [0.1, 0.15) is 16.1 Å². The Morgan fingerprint density at radius 2 is 2.10 bits per heavy atom. The van der Waals surface area contributed by atoms with Gasteiger partial charge in [-0.15, -0.1) is 0 Å². The molecule has 0 radical (unpaired) electrons. The Morgan fingerprint density at radius 3 is 2.86 bits per heavy atom. The van der Waals surface area contributed by atoms with E-state index in [1.807, 2.05) is 18.2 Å². The van der Waals surface area contributed by atoms with Gasteiger partial charge in [0, 0.05) is 18.5 Å². The van der Waals surface area contributed by atoms with E-state index in [4.69, 9.17) is 9.84 Å². The average Bonchev–Trinajstić information content (AvgIpc) is 2.50. The first kappa shape index (κ1) is 15.4. The van der Waals surface area contributed by atoms with Gasteiger partial charge in [0.15, 0.2) is 0 Å². The summed E-state index contributed by atoms with van der Waals surface area (Å²) in [7, 11) is 0. The Kier molecular flexibility index (Phi) is 5.62. The number of carbonyl (C=O) groups is 1. The van der Waals surface area contributed by atoms with E-state index in [1.165, 1.54) is 0 Å². The third kappa shape index (κ3) is 4.22. The van der Waals surface area contributed by atoms with Gasteiger partial charge in [0.25, 0.3) is 0 Å². The predicted octanol–water partition coefficient (Wildman–Crippen LogP) is 1.03. The van der Waals surface area contributed by atoms with Gasteiger partial charge in [0.1, 0.15) is 0 Å². The average molecular weight is 290 g/mol. The van der Waals surface area contributed by atoms with Gasteiger partial charge < -0.3 is 20.3 Å². The molecule has 21 heavy (non-hydrogen) atoms. The summed E-state index contributed by atoms with van der Waals surface area (Å²) in [5, 5.41) is 21.7. The van der Waals surface area contributed by atoms with Crippen molar-refractivity contribution in [3.05, 3.63) is 41.6 Å². The molecule has 112 valence electrons. The van der Waals surface area contributed by atoms with E-state index < -0.39 is 5.97 Å². The van der Waals surface area contributed by atoms with Crippen molar-refractivity contribution in [2.45, 2.75) is 6.54 Å². The van der Waals surface area contributed by atoms with Gasteiger partial charge >= 0.3 is 5.97 Å². The SMILES string of the molecule is O=C(O)c1cccc2ccc(CNCCOCCO)nc12. The maximum absolute atomic E-state index is 11.2. The van der Waals surface area contributed by atoms with E-state index in [-0.39, 0.29) is 12.2 Å². The molecule has 0 aliphatic rings. The molecule has 3 N–H and O–H groups in total. The van der Waals surface area contributed by atoms with Crippen LogP contribution in [0.5, 0.6) is 0 Å². The van der Waals surface area contributed by atoms with Gasteiger partial charge in [-0.05, 0) is 12.1 Å². The number of carboxylic acid groups (broad SMARTS) is 1. The van der Waals surface area contributed by atoms with E-state index in [0.29, 0.717) is 31.8 Å². The molecule has 0 fully saturated rings. The van der Waals surface area contributed by atoms with Gasteiger partial charge in [0.05, 0.1) is 36.6 Å². The minimum absolute atomic E-state index is 0.0181. The molecular formula is C15H18N2O4. The third-order valence-corrected chi connectivity index (χ3v) is 2.97. The normalized spacial score (nSPS) is 10.9. The number of aliphatic hydroxyl groups excluding tert-OH is 1. The first-order valence-corrected chi connectivity index (χ1v) is 6.73. The molecule has 0 bridgehead atoms. The lowest BCUT2D eigenvalue weighted by atomic mass is 10.1. The molecule has 0 atom stereocenters. The molecule has 2 rings (SSSR count).